The monoisotopic (exact) mass is 396 g/mol. The summed E-state index contributed by atoms with van der Waals surface area (Å²) in [5, 5.41) is 0. The Bertz CT molecular complexity index is 528. The lowest BCUT2D eigenvalue weighted by atomic mass is 10.0. The summed E-state index contributed by atoms with van der Waals surface area (Å²) in [4.78, 5) is 16.2. The van der Waals surface area contributed by atoms with Crippen LogP contribution in [0.4, 0.5) is 0 Å². The summed E-state index contributed by atoms with van der Waals surface area (Å²) in [7, 11) is 0. The molecule has 0 unspecified atom stereocenters. The highest BCUT2D eigenvalue weighted by molar-refractivity contribution is 9.10. The average molecular weight is 397 g/mol. The molecule has 24 heavy (non-hydrogen) atoms. The highest BCUT2D eigenvalue weighted by atomic mass is 79.9. The molecule has 1 aromatic carbocycles. The van der Waals surface area contributed by atoms with Crippen molar-refractivity contribution in [2.24, 2.45) is 0 Å². The molecule has 0 spiro atoms. The van der Waals surface area contributed by atoms with Gasteiger partial charge < -0.3 is 9.64 Å². The number of aryl methyl sites for hydroxylation is 1. The van der Waals surface area contributed by atoms with Crippen LogP contribution < -0.4 is 0 Å². The Kier molecular flexibility index (Phi) is 8.22. The molecule has 0 bridgehead atoms. The summed E-state index contributed by atoms with van der Waals surface area (Å²) < 4.78 is 6.22. The van der Waals surface area contributed by atoms with Crippen molar-refractivity contribution in [1.82, 2.24) is 9.80 Å². The molecule has 5 heteroatoms. The molecule has 1 saturated heterocycles. The van der Waals surface area contributed by atoms with Crippen LogP contribution in [0.3, 0.4) is 0 Å². The number of benzene rings is 1. The SMILES string of the molecule is CCOC(=O)CN1CCN(CCCCc2cccc(Br)c2C)CC1. The molecule has 0 amide bonds. The Morgan fingerprint density at radius 2 is 1.88 bits per heavy atom. The van der Waals surface area contributed by atoms with Crippen molar-refractivity contribution in [1.29, 1.82) is 0 Å². The summed E-state index contributed by atoms with van der Waals surface area (Å²) in [6, 6.07) is 6.46. The lowest BCUT2D eigenvalue weighted by Gasteiger charge is -2.34. The minimum atomic E-state index is -0.102. The molecule has 4 nitrogen and oxygen atoms in total. The van der Waals surface area contributed by atoms with E-state index in [0.717, 1.165) is 39.1 Å². The van der Waals surface area contributed by atoms with Crippen molar-refractivity contribution < 1.29 is 9.53 Å². The van der Waals surface area contributed by atoms with Gasteiger partial charge in [0.25, 0.3) is 0 Å². The predicted molar refractivity (Wildman–Crippen MR) is 101 cm³/mol. The summed E-state index contributed by atoms with van der Waals surface area (Å²) in [6.07, 6.45) is 3.60. The lowest BCUT2D eigenvalue weighted by Crippen LogP contribution is -2.48. The fourth-order valence-corrected chi connectivity index (χ4v) is 3.54. The molecule has 1 fully saturated rings. The van der Waals surface area contributed by atoms with Gasteiger partial charge in [0, 0.05) is 30.7 Å². The molecule has 0 atom stereocenters. The number of unbranched alkanes of at least 4 members (excludes halogenated alkanes) is 1. The zero-order valence-electron chi connectivity index (χ0n) is 14.9. The van der Waals surface area contributed by atoms with E-state index in [1.54, 1.807) is 0 Å². The van der Waals surface area contributed by atoms with Crippen molar-refractivity contribution >= 4 is 21.9 Å². The Balaban J connectivity index is 1.61. The number of halogens is 1. The van der Waals surface area contributed by atoms with Crippen molar-refractivity contribution in [2.75, 3.05) is 45.9 Å². The number of carbonyl (C=O) groups excluding carboxylic acids is 1. The summed E-state index contributed by atoms with van der Waals surface area (Å²) in [5.41, 5.74) is 2.81. The number of esters is 1. The van der Waals surface area contributed by atoms with Gasteiger partial charge in [0.05, 0.1) is 13.2 Å². The van der Waals surface area contributed by atoms with Crippen LogP contribution in [0.25, 0.3) is 0 Å². The second-order valence-corrected chi connectivity index (χ2v) is 7.26. The molecule has 0 saturated carbocycles. The minimum Gasteiger partial charge on any atom is -0.465 e. The van der Waals surface area contributed by atoms with Crippen molar-refractivity contribution in [3.05, 3.63) is 33.8 Å². The molecule has 0 aliphatic carbocycles. The predicted octanol–water partition coefficient (Wildman–Crippen LogP) is 3.26. The third-order valence-corrected chi connectivity index (χ3v) is 5.53. The van der Waals surface area contributed by atoms with E-state index in [2.05, 4.69) is 50.9 Å². The van der Waals surface area contributed by atoms with Crippen molar-refractivity contribution in [3.8, 4) is 0 Å². The van der Waals surface area contributed by atoms with Gasteiger partial charge in [-0.05, 0) is 56.8 Å². The largest absolute Gasteiger partial charge is 0.465 e. The quantitative estimate of drug-likeness (QED) is 0.498. The molecule has 1 aliphatic rings. The Labute approximate surface area is 154 Å². The van der Waals surface area contributed by atoms with Gasteiger partial charge in [-0.15, -0.1) is 0 Å². The van der Waals surface area contributed by atoms with Gasteiger partial charge in [0.2, 0.25) is 0 Å². The summed E-state index contributed by atoms with van der Waals surface area (Å²) in [5.74, 6) is -0.102. The first-order valence-electron chi connectivity index (χ1n) is 8.94. The van der Waals surface area contributed by atoms with Gasteiger partial charge in [-0.25, -0.2) is 0 Å². The standard InChI is InChI=1S/C19H29BrN2O2/c1-3-24-19(23)15-22-13-11-21(12-14-22)10-5-4-7-17-8-6-9-18(20)16(17)2/h6,8-9H,3-5,7,10-15H2,1-2H3. The molecule has 0 radical (unpaired) electrons. The second kappa shape index (κ2) is 10.2. The zero-order chi connectivity index (χ0) is 17.4. The van der Waals surface area contributed by atoms with Gasteiger partial charge in [0.15, 0.2) is 0 Å². The molecule has 0 N–H and O–H groups in total. The van der Waals surface area contributed by atoms with Gasteiger partial charge in [0.1, 0.15) is 0 Å². The van der Waals surface area contributed by atoms with Crippen LogP contribution in [-0.2, 0) is 16.0 Å². The van der Waals surface area contributed by atoms with Gasteiger partial charge in [-0.1, -0.05) is 28.1 Å². The fourth-order valence-electron chi connectivity index (χ4n) is 3.13. The number of carbonyl (C=O) groups is 1. The Morgan fingerprint density at radius 1 is 1.17 bits per heavy atom. The van der Waals surface area contributed by atoms with E-state index < -0.39 is 0 Å². The first-order valence-corrected chi connectivity index (χ1v) is 9.73. The van der Waals surface area contributed by atoms with Crippen LogP contribution >= 0.6 is 15.9 Å². The molecule has 1 aromatic rings. The van der Waals surface area contributed by atoms with Gasteiger partial charge >= 0.3 is 5.97 Å². The van der Waals surface area contributed by atoms with Crippen molar-refractivity contribution in [3.63, 3.8) is 0 Å². The molecule has 1 heterocycles. The topological polar surface area (TPSA) is 32.8 Å². The molecule has 1 aliphatic heterocycles. The lowest BCUT2D eigenvalue weighted by molar-refractivity contribution is -0.144. The smallest absolute Gasteiger partial charge is 0.320 e. The number of hydrogen-bond acceptors (Lipinski definition) is 4. The third-order valence-electron chi connectivity index (χ3n) is 4.67. The van der Waals surface area contributed by atoms with Crippen LogP contribution in [0, 0.1) is 6.92 Å². The zero-order valence-corrected chi connectivity index (χ0v) is 16.5. The number of rotatable bonds is 8. The third kappa shape index (κ3) is 6.19. The van der Waals surface area contributed by atoms with Gasteiger partial charge in [-0.2, -0.15) is 0 Å². The van der Waals surface area contributed by atoms with E-state index in [0.29, 0.717) is 13.2 Å². The fraction of sp³-hybridized carbons (Fsp3) is 0.632. The Morgan fingerprint density at radius 3 is 2.58 bits per heavy atom. The van der Waals surface area contributed by atoms with Crippen LogP contribution in [-0.4, -0.2) is 61.6 Å². The van der Waals surface area contributed by atoms with E-state index in [1.165, 1.54) is 28.4 Å². The Hall–Kier alpha value is -0.910. The van der Waals surface area contributed by atoms with Crippen LogP contribution in [0.5, 0.6) is 0 Å². The normalized spacial score (nSPS) is 16.3. The highest BCUT2D eigenvalue weighted by Gasteiger charge is 2.18. The first kappa shape index (κ1) is 19.4. The van der Waals surface area contributed by atoms with E-state index in [9.17, 15) is 4.79 Å². The van der Waals surface area contributed by atoms with Crippen molar-refractivity contribution in [2.45, 2.75) is 33.1 Å². The molecular formula is C19H29BrN2O2. The maximum absolute atomic E-state index is 11.5. The molecule has 0 aromatic heterocycles. The molecular weight excluding hydrogens is 368 g/mol. The number of hydrogen-bond donors (Lipinski definition) is 0. The average Bonchev–Trinajstić information content (AvgIpc) is 2.57. The van der Waals surface area contributed by atoms with Gasteiger partial charge in [-0.3, -0.25) is 9.69 Å². The maximum atomic E-state index is 11.5. The number of ether oxygens (including phenoxy) is 1. The van der Waals surface area contributed by atoms with E-state index >= 15 is 0 Å². The van der Waals surface area contributed by atoms with E-state index in [-0.39, 0.29) is 5.97 Å². The molecule has 2 rings (SSSR count). The van der Waals surface area contributed by atoms with Crippen LogP contribution in [0.2, 0.25) is 0 Å². The number of piperazine rings is 1. The van der Waals surface area contributed by atoms with E-state index in [1.807, 2.05) is 6.92 Å². The molecule has 134 valence electrons. The van der Waals surface area contributed by atoms with Crippen LogP contribution in [0.1, 0.15) is 30.9 Å². The number of nitrogens with zero attached hydrogens (tertiary/aromatic N) is 2. The second-order valence-electron chi connectivity index (χ2n) is 6.40. The van der Waals surface area contributed by atoms with Crippen LogP contribution in [0.15, 0.2) is 22.7 Å². The summed E-state index contributed by atoms with van der Waals surface area (Å²) in [6.45, 7) is 10.1. The highest BCUT2D eigenvalue weighted by Crippen LogP contribution is 2.20. The summed E-state index contributed by atoms with van der Waals surface area (Å²) >= 11 is 3.60. The first-order chi connectivity index (χ1) is 11.6. The maximum Gasteiger partial charge on any atom is 0.320 e. The minimum absolute atomic E-state index is 0.102. The van der Waals surface area contributed by atoms with E-state index in [4.69, 9.17) is 4.74 Å².